The number of halogens is 1. The highest BCUT2D eigenvalue weighted by molar-refractivity contribution is 6.30. The number of carbonyl (C=O) groups excluding carboxylic acids is 2. The van der Waals surface area contributed by atoms with Crippen LogP contribution in [0.1, 0.15) is 32.0 Å². The van der Waals surface area contributed by atoms with Gasteiger partial charge in [0, 0.05) is 38.9 Å². The summed E-state index contributed by atoms with van der Waals surface area (Å²) in [6.45, 7) is 1.86. The number of hydrogen-bond donors (Lipinski definition) is 1. The maximum Gasteiger partial charge on any atom is 0.255 e. The van der Waals surface area contributed by atoms with Gasteiger partial charge in [-0.15, -0.1) is 0 Å². The molecule has 0 spiro atoms. The number of fused-ring (bicyclic) bond motifs is 1. The van der Waals surface area contributed by atoms with Crippen LogP contribution in [0.25, 0.3) is 11.0 Å². The van der Waals surface area contributed by atoms with Gasteiger partial charge in [0.1, 0.15) is 5.58 Å². The molecule has 0 aliphatic heterocycles. The van der Waals surface area contributed by atoms with Gasteiger partial charge >= 0.3 is 0 Å². The van der Waals surface area contributed by atoms with Crippen molar-refractivity contribution in [2.75, 3.05) is 5.32 Å². The molecule has 138 valence electrons. The summed E-state index contributed by atoms with van der Waals surface area (Å²) >= 11 is 5.86. The van der Waals surface area contributed by atoms with E-state index < -0.39 is 0 Å². The van der Waals surface area contributed by atoms with Gasteiger partial charge in [-0.3, -0.25) is 9.59 Å². The quantitative estimate of drug-likeness (QED) is 0.443. The van der Waals surface area contributed by atoms with Gasteiger partial charge in [-0.1, -0.05) is 41.9 Å². The Labute approximate surface area is 166 Å². The Kier molecular flexibility index (Phi) is 4.72. The number of nitrogens with one attached hydrogen (secondary N) is 1. The first-order valence-electron chi connectivity index (χ1n) is 8.73. The van der Waals surface area contributed by atoms with Gasteiger partial charge in [0.2, 0.25) is 5.78 Å². The van der Waals surface area contributed by atoms with Crippen LogP contribution in [-0.2, 0) is 0 Å². The molecule has 1 heterocycles. The highest BCUT2D eigenvalue weighted by atomic mass is 35.5. The van der Waals surface area contributed by atoms with E-state index in [1.54, 1.807) is 48.5 Å². The molecule has 0 saturated carbocycles. The van der Waals surface area contributed by atoms with Crippen molar-refractivity contribution < 1.29 is 14.0 Å². The van der Waals surface area contributed by atoms with Crippen LogP contribution >= 0.6 is 11.6 Å². The second kappa shape index (κ2) is 7.33. The number of hydrogen-bond acceptors (Lipinski definition) is 3. The van der Waals surface area contributed by atoms with E-state index in [2.05, 4.69) is 5.32 Å². The molecule has 0 unspecified atom stereocenters. The van der Waals surface area contributed by atoms with Crippen LogP contribution in [0.3, 0.4) is 0 Å². The predicted octanol–water partition coefficient (Wildman–Crippen LogP) is 5.88. The van der Waals surface area contributed by atoms with E-state index in [1.165, 1.54) is 0 Å². The van der Waals surface area contributed by atoms with Crippen molar-refractivity contribution in [3.8, 4) is 0 Å². The van der Waals surface area contributed by atoms with Crippen LogP contribution in [0.2, 0.25) is 5.02 Å². The Morgan fingerprint density at radius 3 is 2.32 bits per heavy atom. The first-order valence-corrected chi connectivity index (χ1v) is 9.10. The third-order valence-electron chi connectivity index (χ3n) is 4.54. The maximum absolute atomic E-state index is 12.7. The SMILES string of the molecule is Cc1c(C(=O)c2ccccc2)oc2cc(NC(=O)c3ccc(Cl)cc3)ccc12. The Bertz CT molecular complexity index is 1180. The molecule has 0 radical (unpaired) electrons. The lowest BCUT2D eigenvalue weighted by molar-refractivity contribution is 0.101. The fraction of sp³-hybridized carbons (Fsp3) is 0.0435. The van der Waals surface area contributed by atoms with E-state index in [0.717, 1.165) is 10.9 Å². The number of rotatable bonds is 4. The van der Waals surface area contributed by atoms with Gasteiger partial charge in [-0.05, 0) is 43.3 Å². The van der Waals surface area contributed by atoms with Gasteiger partial charge in [0.05, 0.1) is 0 Å². The standard InChI is InChI=1S/C23H16ClNO3/c1-14-19-12-11-18(25-23(27)16-7-9-17(24)10-8-16)13-20(19)28-22(14)21(26)15-5-3-2-4-6-15/h2-13H,1H3,(H,25,27). The third-order valence-corrected chi connectivity index (χ3v) is 4.80. The summed E-state index contributed by atoms with van der Waals surface area (Å²) in [5, 5.41) is 4.24. The molecular formula is C23H16ClNO3. The molecule has 3 aromatic carbocycles. The summed E-state index contributed by atoms with van der Waals surface area (Å²) in [4.78, 5) is 25.1. The van der Waals surface area contributed by atoms with E-state index in [0.29, 0.717) is 33.2 Å². The summed E-state index contributed by atoms with van der Waals surface area (Å²) < 4.78 is 5.84. The first kappa shape index (κ1) is 18.0. The molecule has 0 atom stereocenters. The maximum atomic E-state index is 12.7. The van der Waals surface area contributed by atoms with Crippen LogP contribution in [0.15, 0.2) is 77.2 Å². The normalized spacial score (nSPS) is 10.8. The molecule has 5 heteroatoms. The lowest BCUT2D eigenvalue weighted by Gasteiger charge is -2.05. The second-order valence-electron chi connectivity index (χ2n) is 6.42. The minimum Gasteiger partial charge on any atom is -0.452 e. The number of aryl methyl sites for hydroxylation is 1. The summed E-state index contributed by atoms with van der Waals surface area (Å²) in [7, 11) is 0. The molecule has 1 N–H and O–H groups in total. The van der Waals surface area contributed by atoms with Crippen molar-refractivity contribution in [2.24, 2.45) is 0 Å². The second-order valence-corrected chi connectivity index (χ2v) is 6.86. The number of carbonyl (C=O) groups is 2. The molecule has 0 saturated heterocycles. The lowest BCUT2D eigenvalue weighted by Crippen LogP contribution is -2.11. The van der Waals surface area contributed by atoms with Crippen molar-refractivity contribution >= 4 is 39.9 Å². The molecule has 1 aromatic heterocycles. The van der Waals surface area contributed by atoms with Gasteiger partial charge in [-0.2, -0.15) is 0 Å². The van der Waals surface area contributed by atoms with Crippen LogP contribution < -0.4 is 5.32 Å². The largest absolute Gasteiger partial charge is 0.452 e. The minimum atomic E-state index is -0.250. The zero-order chi connectivity index (χ0) is 19.7. The lowest BCUT2D eigenvalue weighted by atomic mass is 10.0. The number of anilines is 1. The number of ketones is 1. The monoisotopic (exact) mass is 389 g/mol. The van der Waals surface area contributed by atoms with Gasteiger partial charge < -0.3 is 9.73 Å². The van der Waals surface area contributed by atoms with Crippen LogP contribution in [-0.4, -0.2) is 11.7 Å². The Morgan fingerprint density at radius 2 is 1.61 bits per heavy atom. The molecule has 4 aromatic rings. The summed E-state index contributed by atoms with van der Waals surface area (Å²) in [6, 6.07) is 21.0. The molecule has 4 nitrogen and oxygen atoms in total. The number of amides is 1. The highest BCUT2D eigenvalue weighted by Gasteiger charge is 2.19. The molecule has 0 aliphatic rings. The zero-order valence-electron chi connectivity index (χ0n) is 15.0. The van der Waals surface area contributed by atoms with Crippen molar-refractivity contribution in [3.63, 3.8) is 0 Å². The van der Waals surface area contributed by atoms with E-state index in [4.69, 9.17) is 16.0 Å². The predicted molar refractivity (Wildman–Crippen MR) is 110 cm³/mol. The number of benzene rings is 3. The zero-order valence-corrected chi connectivity index (χ0v) is 15.8. The number of furan rings is 1. The van der Waals surface area contributed by atoms with Crippen LogP contribution in [0.4, 0.5) is 5.69 Å². The van der Waals surface area contributed by atoms with Crippen molar-refractivity contribution in [1.82, 2.24) is 0 Å². The van der Waals surface area contributed by atoms with Crippen LogP contribution in [0, 0.1) is 6.92 Å². The van der Waals surface area contributed by atoms with Crippen molar-refractivity contribution in [1.29, 1.82) is 0 Å². The van der Waals surface area contributed by atoms with E-state index >= 15 is 0 Å². The Morgan fingerprint density at radius 1 is 0.893 bits per heavy atom. The molecule has 1 amide bonds. The molecule has 28 heavy (non-hydrogen) atoms. The molecule has 4 rings (SSSR count). The highest BCUT2D eigenvalue weighted by Crippen LogP contribution is 2.29. The van der Waals surface area contributed by atoms with Gasteiger partial charge in [0.15, 0.2) is 5.76 Å². The average Bonchev–Trinajstić information content (AvgIpc) is 3.04. The topological polar surface area (TPSA) is 59.3 Å². The fourth-order valence-corrected chi connectivity index (χ4v) is 3.17. The Balaban J connectivity index is 1.63. The average molecular weight is 390 g/mol. The minimum absolute atomic E-state index is 0.166. The third kappa shape index (κ3) is 3.42. The molecular weight excluding hydrogens is 374 g/mol. The van der Waals surface area contributed by atoms with E-state index in [9.17, 15) is 9.59 Å². The summed E-state index contributed by atoms with van der Waals surface area (Å²) in [6.07, 6.45) is 0. The molecule has 0 aliphatic carbocycles. The smallest absolute Gasteiger partial charge is 0.255 e. The summed E-state index contributed by atoms with van der Waals surface area (Å²) in [5.41, 5.74) is 2.98. The van der Waals surface area contributed by atoms with Crippen LogP contribution in [0.5, 0.6) is 0 Å². The molecule has 0 fully saturated rings. The summed E-state index contributed by atoms with van der Waals surface area (Å²) in [5.74, 6) is -0.108. The Hall–Kier alpha value is -3.37. The van der Waals surface area contributed by atoms with Crippen molar-refractivity contribution in [2.45, 2.75) is 6.92 Å². The van der Waals surface area contributed by atoms with Crippen molar-refractivity contribution in [3.05, 3.63) is 100 Å². The fourth-order valence-electron chi connectivity index (χ4n) is 3.04. The first-order chi connectivity index (χ1) is 13.5. The van der Waals surface area contributed by atoms with Gasteiger partial charge in [0.25, 0.3) is 5.91 Å². The molecule has 0 bridgehead atoms. The van der Waals surface area contributed by atoms with E-state index in [1.807, 2.05) is 31.2 Å². The van der Waals surface area contributed by atoms with E-state index in [-0.39, 0.29) is 11.7 Å². The van der Waals surface area contributed by atoms with Gasteiger partial charge in [-0.25, -0.2) is 0 Å².